The molecule has 0 aromatic carbocycles. The average molecular weight is 283 g/mol. The molecule has 2 rings (SSSR count). The SMILES string of the molecule is CC(O)CN(CCN1CCCC1)CCN1CCC(C)C1. The fourth-order valence-electron chi connectivity index (χ4n) is 3.47. The Balaban J connectivity index is 1.68. The first-order valence-electron chi connectivity index (χ1n) is 8.48. The minimum Gasteiger partial charge on any atom is -0.392 e. The summed E-state index contributed by atoms with van der Waals surface area (Å²) in [6.07, 6.45) is 3.86. The van der Waals surface area contributed by atoms with Gasteiger partial charge in [-0.2, -0.15) is 0 Å². The molecule has 2 aliphatic heterocycles. The molecule has 2 unspecified atom stereocenters. The zero-order valence-electron chi connectivity index (χ0n) is 13.4. The maximum atomic E-state index is 9.68. The molecule has 0 aromatic rings. The number of aliphatic hydroxyl groups is 1. The van der Waals surface area contributed by atoms with Crippen molar-refractivity contribution in [2.24, 2.45) is 5.92 Å². The minimum absolute atomic E-state index is 0.217. The Labute approximate surface area is 124 Å². The monoisotopic (exact) mass is 283 g/mol. The van der Waals surface area contributed by atoms with Gasteiger partial charge in [-0.3, -0.25) is 4.90 Å². The fraction of sp³-hybridized carbons (Fsp3) is 1.00. The summed E-state index contributed by atoms with van der Waals surface area (Å²) in [6.45, 7) is 14.7. The van der Waals surface area contributed by atoms with Crippen LogP contribution in [0, 0.1) is 5.92 Å². The van der Waals surface area contributed by atoms with Crippen molar-refractivity contribution >= 4 is 0 Å². The maximum absolute atomic E-state index is 9.68. The Hall–Kier alpha value is -0.160. The van der Waals surface area contributed by atoms with E-state index in [-0.39, 0.29) is 6.10 Å². The van der Waals surface area contributed by atoms with Crippen molar-refractivity contribution in [1.82, 2.24) is 14.7 Å². The molecule has 1 N–H and O–H groups in total. The quantitative estimate of drug-likeness (QED) is 0.723. The molecule has 4 heteroatoms. The molecule has 2 saturated heterocycles. The van der Waals surface area contributed by atoms with Gasteiger partial charge in [-0.1, -0.05) is 6.92 Å². The number of rotatable bonds is 8. The molecule has 2 aliphatic rings. The van der Waals surface area contributed by atoms with Crippen LogP contribution in [0.3, 0.4) is 0 Å². The van der Waals surface area contributed by atoms with Crippen LogP contribution in [0.5, 0.6) is 0 Å². The summed E-state index contributed by atoms with van der Waals surface area (Å²) in [4.78, 5) is 7.59. The van der Waals surface area contributed by atoms with Gasteiger partial charge in [-0.25, -0.2) is 0 Å². The van der Waals surface area contributed by atoms with Gasteiger partial charge in [0.25, 0.3) is 0 Å². The molecule has 0 bridgehead atoms. The van der Waals surface area contributed by atoms with Crippen LogP contribution < -0.4 is 0 Å². The molecule has 2 atom stereocenters. The van der Waals surface area contributed by atoms with E-state index in [0.717, 1.165) is 32.1 Å². The predicted molar refractivity (Wildman–Crippen MR) is 84.0 cm³/mol. The van der Waals surface area contributed by atoms with Crippen LogP contribution in [0.15, 0.2) is 0 Å². The Kier molecular flexibility index (Phi) is 6.75. The lowest BCUT2D eigenvalue weighted by atomic mass is 10.2. The highest BCUT2D eigenvalue weighted by Gasteiger charge is 2.20. The molecule has 118 valence electrons. The van der Waals surface area contributed by atoms with Crippen LogP contribution in [0.1, 0.15) is 33.1 Å². The number of nitrogens with zero attached hydrogens (tertiary/aromatic N) is 3. The zero-order valence-corrected chi connectivity index (χ0v) is 13.4. The van der Waals surface area contributed by atoms with E-state index >= 15 is 0 Å². The number of likely N-dealkylation sites (tertiary alicyclic amines) is 2. The van der Waals surface area contributed by atoms with Crippen LogP contribution >= 0.6 is 0 Å². The van der Waals surface area contributed by atoms with Crippen molar-refractivity contribution < 1.29 is 5.11 Å². The van der Waals surface area contributed by atoms with Crippen molar-refractivity contribution in [3.05, 3.63) is 0 Å². The Morgan fingerprint density at radius 2 is 1.75 bits per heavy atom. The average Bonchev–Trinajstić information content (AvgIpc) is 3.03. The van der Waals surface area contributed by atoms with Crippen molar-refractivity contribution in [3.8, 4) is 0 Å². The van der Waals surface area contributed by atoms with Gasteiger partial charge in [0, 0.05) is 39.3 Å². The van der Waals surface area contributed by atoms with E-state index < -0.39 is 0 Å². The van der Waals surface area contributed by atoms with E-state index in [1.165, 1.54) is 52.0 Å². The molecule has 20 heavy (non-hydrogen) atoms. The van der Waals surface area contributed by atoms with E-state index in [2.05, 4.69) is 21.6 Å². The van der Waals surface area contributed by atoms with Crippen molar-refractivity contribution in [2.75, 3.05) is 58.9 Å². The third-order valence-electron chi connectivity index (χ3n) is 4.69. The smallest absolute Gasteiger partial charge is 0.0639 e. The third-order valence-corrected chi connectivity index (χ3v) is 4.69. The number of hydrogen-bond acceptors (Lipinski definition) is 4. The van der Waals surface area contributed by atoms with Crippen LogP contribution in [0.25, 0.3) is 0 Å². The summed E-state index contributed by atoms with van der Waals surface area (Å²) in [6, 6.07) is 0. The fourth-order valence-corrected chi connectivity index (χ4v) is 3.47. The van der Waals surface area contributed by atoms with E-state index in [9.17, 15) is 5.11 Å². The molecular weight excluding hydrogens is 250 g/mol. The summed E-state index contributed by atoms with van der Waals surface area (Å²) in [7, 11) is 0. The maximum Gasteiger partial charge on any atom is 0.0639 e. The lowest BCUT2D eigenvalue weighted by Gasteiger charge is -2.28. The van der Waals surface area contributed by atoms with Crippen molar-refractivity contribution in [2.45, 2.75) is 39.2 Å². The standard InChI is InChI=1S/C16H33N3O/c1-15-5-8-18(13-15)11-12-19(14-16(2)20)10-9-17-6-3-4-7-17/h15-16,20H,3-14H2,1-2H3. The molecule has 0 aliphatic carbocycles. The lowest BCUT2D eigenvalue weighted by molar-refractivity contribution is 0.111. The third kappa shape index (κ3) is 5.68. The zero-order chi connectivity index (χ0) is 14.4. The van der Waals surface area contributed by atoms with Crippen LogP contribution in [-0.2, 0) is 0 Å². The first kappa shape index (κ1) is 16.2. The summed E-state index contributed by atoms with van der Waals surface area (Å²) < 4.78 is 0. The van der Waals surface area contributed by atoms with E-state index in [1.807, 2.05) is 6.92 Å². The summed E-state index contributed by atoms with van der Waals surface area (Å²) in [5.41, 5.74) is 0. The number of hydrogen-bond donors (Lipinski definition) is 1. The molecule has 2 heterocycles. The highest BCUT2D eigenvalue weighted by molar-refractivity contribution is 4.75. The largest absolute Gasteiger partial charge is 0.392 e. The Morgan fingerprint density at radius 1 is 1.10 bits per heavy atom. The van der Waals surface area contributed by atoms with Gasteiger partial charge in [0.2, 0.25) is 0 Å². The first-order valence-corrected chi connectivity index (χ1v) is 8.48. The number of aliphatic hydroxyl groups excluding tert-OH is 1. The predicted octanol–water partition coefficient (Wildman–Crippen LogP) is 1.11. The summed E-state index contributed by atoms with van der Waals surface area (Å²) in [5.74, 6) is 0.866. The van der Waals surface area contributed by atoms with Crippen LogP contribution in [-0.4, -0.2) is 84.8 Å². The van der Waals surface area contributed by atoms with E-state index in [1.54, 1.807) is 0 Å². The highest BCUT2D eigenvalue weighted by Crippen LogP contribution is 2.14. The van der Waals surface area contributed by atoms with Gasteiger partial charge in [-0.05, 0) is 51.7 Å². The molecule has 0 saturated carbocycles. The summed E-state index contributed by atoms with van der Waals surface area (Å²) >= 11 is 0. The minimum atomic E-state index is -0.217. The van der Waals surface area contributed by atoms with Gasteiger partial charge in [-0.15, -0.1) is 0 Å². The topological polar surface area (TPSA) is 30.0 Å². The Bertz CT molecular complexity index is 266. The van der Waals surface area contributed by atoms with Crippen LogP contribution in [0.4, 0.5) is 0 Å². The van der Waals surface area contributed by atoms with Gasteiger partial charge in [0.15, 0.2) is 0 Å². The van der Waals surface area contributed by atoms with Crippen LogP contribution in [0.2, 0.25) is 0 Å². The highest BCUT2D eigenvalue weighted by atomic mass is 16.3. The molecule has 0 radical (unpaired) electrons. The second kappa shape index (κ2) is 8.32. The summed E-state index contributed by atoms with van der Waals surface area (Å²) in [5, 5.41) is 9.68. The molecule has 0 spiro atoms. The van der Waals surface area contributed by atoms with Gasteiger partial charge < -0.3 is 14.9 Å². The van der Waals surface area contributed by atoms with Crippen molar-refractivity contribution in [1.29, 1.82) is 0 Å². The molecule has 0 amide bonds. The van der Waals surface area contributed by atoms with E-state index in [4.69, 9.17) is 0 Å². The van der Waals surface area contributed by atoms with Gasteiger partial charge >= 0.3 is 0 Å². The molecule has 0 aromatic heterocycles. The van der Waals surface area contributed by atoms with Gasteiger partial charge in [0.1, 0.15) is 0 Å². The molecule has 2 fully saturated rings. The van der Waals surface area contributed by atoms with Crippen molar-refractivity contribution in [3.63, 3.8) is 0 Å². The second-order valence-electron chi connectivity index (χ2n) is 6.89. The molecule has 4 nitrogen and oxygen atoms in total. The van der Waals surface area contributed by atoms with E-state index in [0.29, 0.717) is 0 Å². The normalized spacial score (nSPS) is 26.7. The second-order valence-corrected chi connectivity index (χ2v) is 6.89. The Morgan fingerprint density at radius 3 is 2.30 bits per heavy atom. The molecular formula is C16H33N3O. The first-order chi connectivity index (χ1) is 9.63. The lowest BCUT2D eigenvalue weighted by Crippen LogP contribution is -2.41. The van der Waals surface area contributed by atoms with Gasteiger partial charge in [0.05, 0.1) is 6.10 Å².